The smallest absolute Gasteiger partial charge is 0.271 e. The van der Waals surface area contributed by atoms with Crippen LogP contribution in [0.5, 0.6) is 0 Å². The van der Waals surface area contributed by atoms with Gasteiger partial charge in [-0.15, -0.1) is 0 Å². The fraction of sp³-hybridized carbons (Fsp3) is 0.375. The standard InChI is InChI=1S/C16H21N7O/c1-11-6-12(2)23(21-11)10-14-7-15(20-19-14)16(24)17-5-4-13-8-18-22(3)9-13/h6-9H,4-5,10H2,1-3H3,(H,17,24)(H,19,20). The van der Waals surface area contributed by atoms with Crippen molar-refractivity contribution in [3.63, 3.8) is 0 Å². The van der Waals surface area contributed by atoms with Gasteiger partial charge in [-0.1, -0.05) is 0 Å². The van der Waals surface area contributed by atoms with Crippen LogP contribution in [0, 0.1) is 13.8 Å². The maximum absolute atomic E-state index is 12.1. The molecule has 8 nitrogen and oxygen atoms in total. The van der Waals surface area contributed by atoms with Crippen LogP contribution in [-0.4, -0.2) is 42.2 Å². The Kier molecular flexibility index (Phi) is 4.45. The van der Waals surface area contributed by atoms with Gasteiger partial charge in [0.15, 0.2) is 0 Å². The summed E-state index contributed by atoms with van der Waals surface area (Å²) in [7, 11) is 1.87. The average Bonchev–Trinajstić information content (AvgIpc) is 3.22. The molecule has 0 aromatic carbocycles. The van der Waals surface area contributed by atoms with E-state index in [2.05, 4.69) is 25.7 Å². The first-order chi connectivity index (χ1) is 11.5. The molecule has 3 heterocycles. The van der Waals surface area contributed by atoms with Gasteiger partial charge in [-0.2, -0.15) is 15.3 Å². The lowest BCUT2D eigenvalue weighted by Crippen LogP contribution is -2.25. The van der Waals surface area contributed by atoms with Crippen LogP contribution in [-0.2, 0) is 20.0 Å². The van der Waals surface area contributed by atoms with Crippen molar-refractivity contribution >= 4 is 5.91 Å². The Morgan fingerprint density at radius 1 is 1.33 bits per heavy atom. The van der Waals surface area contributed by atoms with Crippen LogP contribution < -0.4 is 5.32 Å². The molecule has 0 unspecified atom stereocenters. The Labute approximate surface area is 139 Å². The molecule has 2 N–H and O–H groups in total. The quantitative estimate of drug-likeness (QED) is 0.706. The average molecular weight is 327 g/mol. The summed E-state index contributed by atoms with van der Waals surface area (Å²) in [6.07, 6.45) is 4.48. The van der Waals surface area contributed by atoms with Gasteiger partial charge in [-0.05, 0) is 38.0 Å². The van der Waals surface area contributed by atoms with Crippen LogP contribution in [0.25, 0.3) is 0 Å². The predicted molar refractivity (Wildman–Crippen MR) is 88.6 cm³/mol. The number of aromatic amines is 1. The number of hydrogen-bond donors (Lipinski definition) is 2. The van der Waals surface area contributed by atoms with E-state index in [1.165, 1.54) is 0 Å². The van der Waals surface area contributed by atoms with Crippen molar-refractivity contribution in [2.45, 2.75) is 26.8 Å². The molecule has 126 valence electrons. The number of rotatable bonds is 6. The highest BCUT2D eigenvalue weighted by molar-refractivity contribution is 5.92. The zero-order valence-corrected chi connectivity index (χ0v) is 14.1. The van der Waals surface area contributed by atoms with E-state index in [1.54, 1.807) is 16.9 Å². The zero-order chi connectivity index (χ0) is 17.1. The van der Waals surface area contributed by atoms with E-state index in [0.29, 0.717) is 18.8 Å². The molecule has 3 rings (SSSR count). The molecule has 3 aromatic rings. The van der Waals surface area contributed by atoms with Gasteiger partial charge in [0.2, 0.25) is 0 Å². The van der Waals surface area contributed by atoms with Crippen LogP contribution in [0.15, 0.2) is 24.5 Å². The molecular weight excluding hydrogens is 306 g/mol. The highest BCUT2D eigenvalue weighted by Crippen LogP contribution is 2.07. The summed E-state index contributed by atoms with van der Waals surface area (Å²) in [6, 6.07) is 3.78. The molecule has 3 aromatic heterocycles. The fourth-order valence-electron chi connectivity index (χ4n) is 2.57. The number of hydrogen-bond acceptors (Lipinski definition) is 4. The van der Waals surface area contributed by atoms with E-state index in [4.69, 9.17) is 0 Å². The highest BCUT2D eigenvalue weighted by atomic mass is 16.1. The summed E-state index contributed by atoms with van der Waals surface area (Å²) in [5.74, 6) is -0.185. The minimum atomic E-state index is -0.185. The Morgan fingerprint density at radius 3 is 2.83 bits per heavy atom. The van der Waals surface area contributed by atoms with Crippen LogP contribution in [0.4, 0.5) is 0 Å². The summed E-state index contributed by atoms with van der Waals surface area (Å²) < 4.78 is 3.63. The van der Waals surface area contributed by atoms with Crippen LogP contribution in [0.2, 0.25) is 0 Å². The van der Waals surface area contributed by atoms with Crippen molar-refractivity contribution < 1.29 is 4.79 Å². The summed E-state index contributed by atoms with van der Waals surface area (Å²) in [6.45, 7) is 5.07. The lowest BCUT2D eigenvalue weighted by molar-refractivity contribution is 0.0949. The molecule has 0 aliphatic carbocycles. The molecule has 24 heavy (non-hydrogen) atoms. The summed E-state index contributed by atoms with van der Waals surface area (Å²) >= 11 is 0. The van der Waals surface area contributed by atoms with E-state index in [9.17, 15) is 4.79 Å². The number of aromatic nitrogens is 6. The van der Waals surface area contributed by atoms with Gasteiger partial charge in [-0.3, -0.25) is 19.3 Å². The van der Waals surface area contributed by atoms with Crippen LogP contribution in [0.1, 0.15) is 33.1 Å². The number of carbonyl (C=O) groups is 1. The second-order valence-electron chi connectivity index (χ2n) is 5.89. The predicted octanol–water partition coefficient (Wildman–Crippen LogP) is 0.977. The van der Waals surface area contributed by atoms with Gasteiger partial charge in [0, 0.05) is 25.5 Å². The van der Waals surface area contributed by atoms with E-state index in [0.717, 1.165) is 29.1 Å². The Morgan fingerprint density at radius 2 is 2.17 bits per heavy atom. The second kappa shape index (κ2) is 6.69. The fourth-order valence-corrected chi connectivity index (χ4v) is 2.57. The van der Waals surface area contributed by atoms with Crippen molar-refractivity contribution in [3.8, 4) is 0 Å². The molecule has 0 saturated heterocycles. The number of H-pyrrole nitrogens is 1. The largest absolute Gasteiger partial charge is 0.350 e. The van der Waals surface area contributed by atoms with Crippen molar-refractivity contribution in [2.24, 2.45) is 7.05 Å². The topological polar surface area (TPSA) is 93.4 Å². The second-order valence-corrected chi connectivity index (χ2v) is 5.89. The molecule has 0 radical (unpaired) electrons. The van der Waals surface area contributed by atoms with Gasteiger partial charge in [-0.25, -0.2) is 0 Å². The third-order valence-electron chi connectivity index (χ3n) is 3.74. The van der Waals surface area contributed by atoms with E-state index in [1.807, 2.05) is 37.8 Å². The van der Waals surface area contributed by atoms with Crippen LogP contribution >= 0.6 is 0 Å². The SMILES string of the molecule is Cc1cc(C)n(Cc2cc(C(=O)NCCc3cnn(C)c3)n[nH]2)n1. The molecule has 1 amide bonds. The lowest BCUT2D eigenvalue weighted by Gasteiger charge is -2.01. The van der Waals surface area contributed by atoms with Crippen molar-refractivity contribution in [1.82, 2.24) is 35.1 Å². The molecule has 0 aliphatic rings. The van der Waals surface area contributed by atoms with Crippen molar-refractivity contribution in [1.29, 1.82) is 0 Å². The first-order valence-corrected chi connectivity index (χ1v) is 7.82. The summed E-state index contributed by atoms with van der Waals surface area (Å²) in [5.41, 5.74) is 4.37. The summed E-state index contributed by atoms with van der Waals surface area (Å²) in [4.78, 5) is 12.1. The first kappa shape index (κ1) is 16.0. The van der Waals surface area contributed by atoms with Crippen LogP contribution in [0.3, 0.4) is 0 Å². The van der Waals surface area contributed by atoms with Gasteiger partial charge < -0.3 is 5.32 Å². The number of nitrogens with zero attached hydrogens (tertiary/aromatic N) is 5. The third kappa shape index (κ3) is 3.70. The maximum Gasteiger partial charge on any atom is 0.271 e. The third-order valence-corrected chi connectivity index (χ3v) is 3.74. The molecule has 0 spiro atoms. The molecule has 0 aliphatic heterocycles. The molecule has 0 bridgehead atoms. The lowest BCUT2D eigenvalue weighted by atomic mass is 10.2. The Bertz CT molecular complexity index is 842. The van der Waals surface area contributed by atoms with Crippen molar-refractivity contribution in [3.05, 3.63) is 52.9 Å². The number of amides is 1. The van der Waals surface area contributed by atoms with Gasteiger partial charge in [0.25, 0.3) is 5.91 Å². The van der Waals surface area contributed by atoms with Crippen molar-refractivity contribution in [2.75, 3.05) is 6.54 Å². The van der Waals surface area contributed by atoms with Gasteiger partial charge >= 0.3 is 0 Å². The highest BCUT2D eigenvalue weighted by Gasteiger charge is 2.11. The van der Waals surface area contributed by atoms with E-state index < -0.39 is 0 Å². The zero-order valence-electron chi connectivity index (χ0n) is 14.1. The minimum absolute atomic E-state index is 0.185. The van der Waals surface area contributed by atoms with E-state index in [-0.39, 0.29) is 5.91 Å². The minimum Gasteiger partial charge on any atom is -0.350 e. The molecule has 8 heteroatoms. The number of carbonyl (C=O) groups excluding carboxylic acids is 1. The molecule has 0 fully saturated rings. The molecule has 0 saturated carbocycles. The van der Waals surface area contributed by atoms with Gasteiger partial charge in [0.05, 0.1) is 24.1 Å². The Balaban J connectivity index is 1.54. The maximum atomic E-state index is 12.1. The number of nitrogens with one attached hydrogen (secondary N) is 2. The number of aryl methyl sites for hydroxylation is 3. The normalized spacial score (nSPS) is 11.0. The Hall–Kier alpha value is -2.90. The van der Waals surface area contributed by atoms with E-state index >= 15 is 0 Å². The molecule has 0 atom stereocenters. The summed E-state index contributed by atoms with van der Waals surface area (Å²) in [5, 5.41) is 18.4. The molecular formula is C16H21N7O. The first-order valence-electron chi connectivity index (χ1n) is 7.82. The monoisotopic (exact) mass is 327 g/mol. The van der Waals surface area contributed by atoms with Gasteiger partial charge in [0.1, 0.15) is 5.69 Å².